The van der Waals surface area contributed by atoms with E-state index in [0.717, 1.165) is 16.0 Å². The second-order valence-corrected chi connectivity index (χ2v) is 14.9. The van der Waals surface area contributed by atoms with E-state index in [1.54, 1.807) is 103 Å². The first-order valence-electron chi connectivity index (χ1n) is 17.6. The Balaban J connectivity index is 1.35. The van der Waals surface area contributed by atoms with Gasteiger partial charge in [0.25, 0.3) is 0 Å². The van der Waals surface area contributed by atoms with Crippen molar-refractivity contribution in [3.05, 3.63) is 168 Å². The van der Waals surface area contributed by atoms with Crippen LogP contribution in [0.1, 0.15) is 33.5 Å². The number of para-hydroxylation sites is 1. The van der Waals surface area contributed by atoms with Crippen molar-refractivity contribution in [2.24, 2.45) is 11.8 Å². The third kappa shape index (κ3) is 9.35. The molecule has 1 N–H and O–H groups in total. The van der Waals surface area contributed by atoms with Gasteiger partial charge in [0, 0.05) is 0 Å². The maximum absolute atomic E-state index is 14.9. The molecular weight excluding hydrogens is 705 g/mol. The van der Waals surface area contributed by atoms with Crippen LogP contribution in [0, 0.1) is 18.8 Å². The molecule has 54 heavy (non-hydrogen) atoms. The predicted molar refractivity (Wildman–Crippen MR) is 202 cm³/mol. The highest BCUT2D eigenvalue weighted by molar-refractivity contribution is 7.89. The number of hydrogen-bond acceptors (Lipinski definition) is 8. The van der Waals surface area contributed by atoms with Crippen LogP contribution >= 0.6 is 0 Å². The quantitative estimate of drug-likeness (QED) is 0.0790. The average molecular weight is 745 g/mol. The fourth-order valence-electron chi connectivity index (χ4n) is 6.52. The van der Waals surface area contributed by atoms with Gasteiger partial charge in [-0.25, -0.2) is 17.9 Å². The van der Waals surface area contributed by atoms with Crippen LogP contribution in [0.2, 0.25) is 0 Å². The van der Waals surface area contributed by atoms with Crippen molar-refractivity contribution in [2.75, 3.05) is 6.61 Å². The third-order valence-electron chi connectivity index (χ3n) is 9.38. The fourth-order valence-corrected chi connectivity index (χ4v) is 7.78. The van der Waals surface area contributed by atoms with Crippen LogP contribution in [0.5, 0.6) is 5.75 Å². The van der Waals surface area contributed by atoms with Gasteiger partial charge >= 0.3 is 11.9 Å². The summed E-state index contributed by atoms with van der Waals surface area (Å²) in [4.78, 5) is 56.5. The molecule has 10 nitrogen and oxygen atoms in total. The van der Waals surface area contributed by atoms with Crippen molar-refractivity contribution in [3.63, 3.8) is 0 Å². The molecule has 2 amide bonds. The van der Waals surface area contributed by atoms with Crippen LogP contribution in [0.25, 0.3) is 0 Å². The largest absolute Gasteiger partial charge is 0.460 e. The number of hydrogen-bond donors (Lipinski definition) is 1. The van der Waals surface area contributed by atoms with Gasteiger partial charge in [0.05, 0.1) is 40.8 Å². The Morgan fingerprint density at radius 1 is 0.741 bits per heavy atom. The molecule has 1 aliphatic heterocycles. The Hall–Kier alpha value is -5.91. The second kappa shape index (κ2) is 17.3. The number of carbonyl (C=O) groups is 4. The highest BCUT2D eigenvalue weighted by atomic mass is 32.2. The highest BCUT2D eigenvalue weighted by Crippen LogP contribution is 2.35. The fraction of sp³-hybridized carbons (Fsp3) is 0.209. The summed E-state index contributed by atoms with van der Waals surface area (Å²) < 4.78 is 41.7. The number of β-lactam (4-membered cyclic amide) rings is 1. The van der Waals surface area contributed by atoms with Gasteiger partial charge < -0.3 is 9.47 Å². The summed E-state index contributed by atoms with van der Waals surface area (Å²) in [5, 5.41) is 0. The number of benzene rings is 5. The van der Waals surface area contributed by atoms with Gasteiger partial charge in [-0.3, -0.25) is 19.3 Å². The smallest absolute Gasteiger partial charge is 0.338 e. The van der Waals surface area contributed by atoms with Crippen LogP contribution in [0.15, 0.2) is 150 Å². The molecule has 1 saturated heterocycles. The lowest BCUT2D eigenvalue weighted by molar-refractivity contribution is -0.171. The molecule has 0 saturated carbocycles. The summed E-state index contributed by atoms with van der Waals surface area (Å²) in [6.45, 7) is 1.30. The molecule has 5 aromatic carbocycles. The predicted octanol–water partition coefficient (Wildman–Crippen LogP) is 5.95. The summed E-state index contributed by atoms with van der Waals surface area (Å²) in [7, 11) is -4.28. The second-order valence-electron chi connectivity index (χ2n) is 13.2. The molecule has 0 aliphatic carbocycles. The number of aryl methyl sites for hydroxylation is 1. The van der Waals surface area contributed by atoms with Gasteiger partial charge in [-0.05, 0) is 67.3 Å². The zero-order valence-corrected chi connectivity index (χ0v) is 30.4. The van der Waals surface area contributed by atoms with Crippen molar-refractivity contribution < 1.29 is 37.1 Å². The number of nitrogens with zero attached hydrogens (tertiary/aromatic N) is 1. The first kappa shape index (κ1) is 37.8. The molecule has 2 unspecified atom stereocenters. The molecule has 1 aliphatic rings. The summed E-state index contributed by atoms with van der Waals surface area (Å²) in [6, 6.07) is 38.9. The van der Waals surface area contributed by atoms with Crippen molar-refractivity contribution in [3.8, 4) is 5.75 Å². The zero-order chi connectivity index (χ0) is 38.1. The van der Waals surface area contributed by atoms with Gasteiger partial charge in [0.2, 0.25) is 21.8 Å². The summed E-state index contributed by atoms with van der Waals surface area (Å²) in [5.41, 5.74) is 2.61. The first-order chi connectivity index (χ1) is 26.1. The minimum absolute atomic E-state index is 0.0159. The number of sulfonamides is 1. The van der Waals surface area contributed by atoms with Crippen molar-refractivity contribution >= 4 is 33.8 Å². The Bertz CT molecular complexity index is 2170. The molecule has 6 rings (SSSR count). The molecular formula is C43H40N2O8S. The minimum atomic E-state index is -4.28. The number of nitrogens with one attached hydrogen (secondary N) is 1. The summed E-state index contributed by atoms with van der Waals surface area (Å²) in [5.74, 6) is -4.22. The van der Waals surface area contributed by atoms with Gasteiger partial charge in [-0.1, -0.05) is 115 Å². The highest BCUT2D eigenvalue weighted by Gasteiger charge is 2.53. The molecule has 0 aromatic heterocycles. The van der Waals surface area contributed by atoms with E-state index in [9.17, 15) is 27.6 Å². The molecule has 1 heterocycles. The standard InChI is InChI=1S/C43H40N2O8S/c1-30-22-24-35(25-23-30)54(50,51)44-38(29-52-43(49)33-18-10-4-11-19-33)36(26-31-14-6-2-7-15-31)41(47)45-39(28-40(46)53-34-20-12-5-13-21-34)37(42(45)48)27-32-16-8-3-9-17-32/h2-25,36-39,44H,26-29H2,1H3/t36?,37-,38?,39+/m0/s1. The Morgan fingerprint density at radius 3 is 1.91 bits per heavy atom. The molecule has 0 bridgehead atoms. The monoisotopic (exact) mass is 744 g/mol. The lowest BCUT2D eigenvalue weighted by Gasteiger charge is -2.47. The lowest BCUT2D eigenvalue weighted by Crippen LogP contribution is -2.67. The molecule has 11 heteroatoms. The van der Waals surface area contributed by atoms with E-state index in [2.05, 4.69) is 4.72 Å². The number of ether oxygens (including phenoxy) is 2. The van der Waals surface area contributed by atoms with E-state index >= 15 is 0 Å². The maximum Gasteiger partial charge on any atom is 0.338 e. The van der Waals surface area contributed by atoms with E-state index in [4.69, 9.17) is 9.47 Å². The molecule has 0 spiro atoms. The number of imide groups is 1. The van der Waals surface area contributed by atoms with Crippen LogP contribution < -0.4 is 9.46 Å². The maximum atomic E-state index is 14.9. The SMILES string of the molecule is Cc1ccc(S(=O)(=O)NC(COC(=O)c2ccccc2)C(Cc2ccccc2)C(=O)N2C(=O)[C@@H](Cc3ccccc3)[C@H]2CC(=O)Oc2ccccc2)cc1. The van der Waals surface area contributed by atoms with Crippen LogP contribution in [-0.2, 0) is 42.0 Å². The van der Waals surface area contributed by atoms with Crippen LogP contribution in [0.3, 0.4) is 0 Å². The van der Waals surface area contributed by atoms with Gasteiger partial charge in [-0.2, -0.15) is 0 Å². The number of carbonyl (C=O) groups excluding carboxylic acids is 4. The number of rotatable bonds is 15. The Labute approximate surface area is 314 Å². The van der Waals surface area contributed by atoms with Crippen molar-refractivity contribution in [1.29, 1.82) is 0 Å². The zero-order valence-electron chi connectivity index (χ0n) is 29.6. The molecule has 5 aromatic rings. The number of likely N-dealkylation sites (tertiary alicyclic amines) is 1. The minimum Gasteiger partial charge on any atom is -0.460 e. The Kier molecular flexibility index (Phi) is 12.1. The topological polar surface area (TPSA) is 136 Å². The molecule has 1 fully saturated rings. The van der Waals surface area contributed by atoms with E-state index in [1.165, 1.54) is 12.1 Å². The van der Waals surface area contributed by atoms with Gasteiger partial charge in [0.15, 0.2) is 0 Å². The van der Waals surface area contributed by atoms with Gasteiger partial charge in [0.1, 0.15) is 12.4 Å². The number of esters is 2. The van der Waals surface area contributed by atoms with E-state index < -0.39 is 64.3 Å². The Morgan fingerprint density at radius 2 is 1.30 bits per heavy atom. The van der Waals surface area contributed by atoms with Crippen LogP contribution in [0.4, 0.5) is 0 Å². The van der Waals surface area contributed by atoms with Crippen molar-refractivity contribution in [2.45, 2.75) is 43.2 Å². The summed E-state index contributed by atoms with van der Waals surface area (Å²) >= 11 is 0. The normalized spacial score (nSPS) is 16.5. The summed E-state index contributed by atoms with van der Waals surface area (Å²) in [6.07, 6.45) is -0.0309. The molecule has 276 valence electrons. The van der Waals surface area contributed by atoms with Crippen LogP contribution in [-0.4, -0.2) is 55.8 Å². The molecule has 4 atom stereocenters. The molecule has 0 radical (unpaired) electrons. The van der Waals surface area contributed by atoms with E-state index in [-0.39, 0.29) is 29.7 Å². The third-order valence-corrected chi connectivity index (χ3v) is 10.9. The number of amides is 2. The lowest BCUT2D eigenvalue weighted by atomic mass is 9.78. The van der Waals surface area contributed by atoms with Crippen molar-refractivity contribution in [1.82, 2.24) is 9.62 Å². The van der Waals surface area contributed by atoms with Gasteiger partial charge in [-0.15, -0.1) is 0 Å². The van der Waals surface area contributed by atoms with E-state index in [0.29, 0.717) is 11.3 Å². The first-order valence-corrected chi connectivity index (χ1v) is 19.1. The average Bonchev–Trinajstić information content (AvgIpc) is 3.19. The van der Waals surface area contributed by atoms with E-state index in [1.807, 2.05) is 37.3 Å².